The molecule has 18 heavy (non-hydrogen) atoms. The summed E-state index contributed by atoms with van der Waals surface area (Å²) in [6, 6.07) is 6.53. The number of carbonyl (C=O) groups is 1. The van der Waals surface area contributed by atoms with E-state index in [0.29, 0.717) is 17.0 Å². The lowest BCUT2D eigenvalue weighted by molar-refractivity contribution is -0.140. The Hall–Kier alpha value is -1.07. The number of hydrogen-bond donors (Lipinski definition) is 1. The number of benzene rings is 1. The zero-order valence-corrected chi connectivity index (χ0v) is 11.1. The van der Waals surface area contributed by atoms with Crippen LogP contribution in [0, 0.1) is 5.92 Å². The highest BCUT2D eigenvalue weighted by Gasteiger charge is 2.38. The molecule has 4 nitrogen and oxygen atoms in total. The van der Waals surface area contributed by atoms with E-state index in [0.717, 1.165) is 0 Å². The summed E-state index contributed by atoms with van der Waals surface area (Å²) in [5, 5.41) is 9.83. The standard InChI is InChI=1S/C12H13ClO4S/c13-10-3-1-8(2-4-10)11(12(14)15)9-5-6-18(16,17)7-9/h1-4,9,11H,5-7H2,(H,14,15). The predicted octanol–water partition coefficient (Wildman–Crippen LogP) is 1.94. The quantitative estimate of drug-likeness (QED) is 0.923. The Morgan fingerprint density at radius 2 is 1.94 bits per heavy atom. The maximum Gasteiger partial charge on any atom is 0.311 e. The van der Waals surface area contributed by atoms with Gasteiger partial charge in [0, 0.05) is 5.02 Å². The first-order valence-corrected chi connectivity index (χ1v) is 7.78. The SMILES string of the molecule is O=C(O)C(c1ccc(Cl)cc1)C1CCS(=O)(=O)C1. The molecule has 2 rings (SSSR count). The Kier molecular flexibility index (Phi) is 3.64. The van der Waals surface area contributed by atoms with Crippen molar-refractivity contribution in [3.05, 3.63) is 34.9 Å². The van der Waals surface area contributed by atoms with Gasteiger partial charge in [0.15, 0.2) is 9.84 Å². The van der Waals surface area contributed by atoms with Gasteiger partial charge in [0.1, 0.15) is 0 Å². The van der Waals surface area contributed by atoms with E-state index in [1.807, 2.05) is 0 Å². The van der Waals surface area contributed by atoms with Crippen LogP contribution in [-0.4, -0.2) is 31.0 Å². The van der Waals surface area contributed by atoms with Gasteiger partial charge in [-0.05, 0) is 30.0 Å². The van der Waals surface area contributed by atoms with Crippen LogP contribution in [0.2, 0.25) is 5.02 Å². The summed E-state index contributed by atoms with van der Waals surface area (Å²) >= 11 is 5.76. The van der Waals surface area contributed by atoms with E-state index in [2.05, 4.69) is 0 Å². The number of aliphatic carboxylic acids is 1. The van der Waals surface area contributed by atoms with Crippen LogP contribution in [0.1, 0.15) is 17.9 Å². The second kappa shape index (κ2) is 4.90. The molecule has 1 heterocycles. The molecule has 0 bridgehead atoms. The summed E-state index contributed by atoms with van der Waals surface area (Å²) in [6.45, 7) is 0. The molecule has 1 saturated heterocycles. The molecule has 1 aromatic carbocycles. The second-order valence-corrected chi connectivity index (χ2v) is 7.20. The van der Waals surface area contributed by atoms with Crippen LogP contribution >= 0.6 is 11.6 Å². The lowest BCUT2D eigenvalue weighted by Gasteiger charge is -2.18. The fourth-order valence-corrected chi connectivity index (χ4v) is 4.34. The minimum Gasteiger partial charge on any atom is -0.481 e. The van der Waals surface area contributed by atoms with Gasteiger partial charge >= 0.3 is 5.97 Å². The monoisotopic (exact) mass is 288 g/mol. The molecule has 98 valence electrons. The van der Waals surface area contributed by atoms with E-state index in [9.17, 15) is 18.3 Å². The number of rotatable bonds is 3. The highest BCUT2D eigenvalue weighted by Crippen LogP contribution is 2.34. The number of halogens is 1. The number of hydrogen-bond acceptors (Lipinski definition) is 3. The van der Waals surface area contributed by atoms with Crippen LogP contribution in [-0.2, 0) is 14.6 Å². The summed E-state index contributed by atoms with van der Waals surface area (Å²) in [5.74, 6) is -2.09. The minimum atomic E-state index is -3.08. The van der Waals surface area contributed by atoms with Gasteiger partial charge in [0.2, 0.25) is 0 Å². The fourth-order valence-electron chi connectivity index (χ4n) is 2.37. The Morgan fingerprint density at radius 1 is 1.33 bits per heavy atom. The molecule has 1 aliphatic rings. The highest BCUT2D eigenvalue weighted by molar-refractivity contribution is 7.91. The van der Waals surface area contributed by atoms with Crippen LogP contribution in [0.15, 0.2) is 24.3 Å². The minimum absolute atomic E-state index is 0.0490. The summed E-state index contributed by atoms with van der Waals surface area (Å²) in [4.78, 5) is 11.4. The van der Waals surface area contributed by atoms with Crippen molar-refractivity contribution in [3.63, 3.8) is 0 Å². The number of carboxylic acids is 1. The van der Waals surface area contributed by atoms with Crippen LogP contribution < -0.4 is 0 Å². The third-order valence-electron chi connectivity index (χ3n) is 3.23. The normalized spacial score (nSPS) is 23.7. The highest BCUT2D eigenvalue weighted by atomic mass is 35.5. The predicted molar refractivity (Wildman–Crippen MR) is 68.6 cm³/mol. The molecule has 0 amide bonds. The van der Waals surface area contributed by atoms with Gasteiger partial charge in [-0.25, -0.2) is 8.42 Å². The molecule has 0 aliphatic carbocycles. The van der Waals surface area contributed by atoms with Crippen LogP contribution in [0.25, 0.3) is 0 Å². The molecule has 0 saturated carbocycles. The number of carboxylic acid groups (broad SMARTS) is 1. The Labute approximate surface area is 110 Å². The van der Waals surface area contributed by atoms with Crippen molar-refractivity contribution in [1.82, 2.24) is 0 Å². The zero-order chi connectivity index (χ0) is 13.3. The fraction of sp³-hybridized carbons (Fsp3) is 0.417. The molecule has 1 aromatic rings. The molecule has 2 unspecified atom stereocenters. The second-order valence-electron chi connectivity index (χ2n) is 4.53. The van der Waals surface area contributed by atoms with E-state index in [-0.39, 0.29) is 17.4 Å². The summed E-state index contributed by atoms with van der Waals surface area (Å²) < 4.78 is 22.9. The largest absolute Gasteiger partial charge is 0.481 e. The molecule has 6 heteroatoms. The topological polar surface area (TPSA) is 71.4 Å². The smallest absolute Gasteiger partial charge is 0.311 e. The lowest BCUT2D eigenvalue weighted by atomic mass is 9.86. The average Bonchev–Trinajstić information content (AvgIpc) is 2.61. The molecular weight excluding hydrogens is 276 g/mol. The lowest BCUT2D eigenvalue weighted by Crippen LogP contribution is -2.22. The van der Waals surface area contributed by atoms with Crippen molar-refractivity contribution in [3.8, 4) is 0 Å². The Balaban J connectivity index is 2.30. The van der Waals surface area contributed by atoms with Crippen LogP contribution in [0.4, 0.5) is 0 Å². The van der Waals surface area contributed by atoms with Crippen LogP contribution in [0.5, 0.6) is 0 Å². The third-order valence-corrected chi connectivity index (χ3v) is 5.28. The molecule has 1 N–H and O–H groups in total. The van der Waals surface area contributed by atoms with Gasteiger partial charge in [0.05, 0.1) is 17.4 Å². The van der Waals surface area contributed by atoms with Crippen molar-refractivity contribution >= 4 is 27.4 Å². The Bertz CT molecular complexity index is 550. The maximum atomic E-state index is 11.4. The van der Waals surface area contributed by atoms with Crippen molar-refractivity contribution in [2.24, 2.45) is 5.92 Å². The molecular formula is C12H13ClO4S. The molecule has 1 aliphatic heterocycles. The van der Waals surface area contributed by atoms with E-state index >= 15 is 0 Å². The first-order chi connectivity index (χ1) is 8.39. The zero-order valence-electron chi connectivity index (χ0n) is 9.54. The van der Waals surface area contributed by atoms with Gasteiger partial charge in [-0.1, -0.05) is 23.7 Å². The number of sulfone groups is 1. The van der Waals surface area contributed by atoms with E-state index < -0.39 is 21.7 Å². The Morgan fingerprint density at radius 3 is 2.39 bits per heavy atom. The van der Waals surface area contributed by atoms with Gasteiger partial charge < -0.3 is 5.11 Å². The van der Waals surface area contributed by atoms with Gasteiger partial charge in [-0.15, -0.1) is 0 Å². The van der Waals surface area contributed by atoms with Crippen molar-refractivity contribution in [2.75, 3.05) is 11.5 Å². The van der Waals surface area contributed by atoms with E-state index in [4.69, 9.17) is 11.6 Å². The summed E-state index contributed by atoms with van der Waals surface area (Å²) in [5.41, 5.74) is 0.606. The maximum absolute atomic E-state index is 11.4. The van der Waals surface area contributed by atoms with E-state index in [1.165, 1.54) is 0 Å². The molecule has 0 aromatic heterocycles. The van der Waals surface area contributed by atoms with Gasteiger partial charge in [-0.3, -0.25) is 4.79 Å². The first kappa shape index (κ1) is 13.4. The first-order valence-electron chi connectivity index (χ1n) is 5.58. The summed E-state index contributed by atoms with van der Waals surface area (Å²) in [6.07, 6.45) is 0.405. The molecule has 1 fully saturated rings. The van der Waals surface area contributed by atoms with Crippen LogP contribution in [0.3, 0.4) is 0 Å². The van der Waals surface area contributed by atoms with Gasteiger partial charge in [0.25, 0.3) is 0 Å². The van der Waals surface area contributed by atoms with Crippen molar-refractivity contribution < 1.29 is 18.3 Å². The molecule has 0 radical (unpaired) electrons. The van der Waals surface area contributed by atoms with Crippen molar-refractivity contribution in [2.45, 2.75) is 12.3 Å². The van der Waals surface area contributed by atoms with Gasteiger partial charge in [-0.2, -0.15) is 0 Å². The molecule has 0 spiro atoms. The van der Waals surface area contributed by atoms with Crippen molar-refractivity contribution in [1.29, 1.82) is 0 Å². The molecule has 2 atom stereocenters. The average molecular weight is 289 g/mol. The van der Waals surface area contributed by atoms with E-state index in [1.54, 1.807) is 24.3 Å². The third kappa shape index (κ3) is 2.84. The summed E-state index contributed by atoms with van der Waals surface area (Å²) in [7, 11) is -3.08.